The number of esters is 2. The zero-order valence-electron chi connectivity index (χ0n) is 32.6. The lowest BCUT2D eigenvalue weighted by Gasteiger charge is -2.48. The Bertz CT molecular complexity index is 1360. The maximum atomic E-state index is 14.0. The van der Waals surface area contributed by atoms with E-state index < -0.39 is 83.6 Å². The molecule has 13 heteroatoms. The lowest BCUT2D eigenvalue weighted by molar-refractivity contribution is -0.302. The van der Waals surface area contributed by atoms with Crippen LogP contribution in [0.5, 0.6) is 0 Å². The van der Waals surface area contributed by atoms with Crippen molar-refractivity contribution in [2.24, 2.45) is 23.7 Å². The third-order valence-corrected chi connectivity index (χ3v) is 11.8. The molecule has 13 nitrogen and oxygen atoms in total. The van der Waals surface area contributed by atoms with Gasteiger partial charge in [0.15, 0.2) is 6.29 Å². The number of hydrogen-bond acceptors (Lipinski definition) is 13. The van der Waals surface area contributed by atoms with E-state index in [1.807, 2.05) is 14.0 Å². The molecule has 0 bridgehead atoms. The Morgan fingerprint density at radius 3 is 2.27 bits per heavy atom. The van der Waals surface area contributed by atoms with Gasteiger partial charge in [0.25, 0.3) is 0 Å². The van der Waals surface area contributed by atoms with Crippen LogP contribution in [0.3, 0.4) is 0 Å². The van der Waals surface area contributed by atoms with E-state index in [0.29, 0.717) is 18.0 Å². The van der Waals surface area contributed by atoms with Gasteiger partial charge >= 0.3 is 11.9 Å². The topological polar surface area (TPSA) is 174 Å². The average molecular weight is 735 g/mol. The van der Waals surface area contributed by atoms with Crippen LogP contribution in [0.25, 0.3) is 0 Å². The van der Waals surface area contributed by atoms with E-state index >= 15 is 0 Å². The van der Waals surface area contributed by atoms with E-state index in [1.54, 1.807) is 66.1 Å². The first-order valence-electron chi connectivity index (χ1n) is 18.8. The lowest BCUT2D eigenvalue weighted by atomic mass is 9.74. The van der Waals surface area contributed by atoms with Crippen LogP contribution in [-0.4, -0.2) is 123 Å². The fourth-order valence-electron chi connectivity index (χ4n) is 8.29. The fraction of sp³-hybridized carbons (Fsp3) is 0.795. The quantitative estimate of drug-likeness (QED) is 0.316. The number of aromatic nitrogens is 1. The van der Waals surface area contributed by atoms with Gasteiger partial charge in [0.2, 0.25) is 0 Å². The summed E-state index contributed by atoms with van der Waals surface area (Å²) in [5.41, 5.74) is -2.60. The van der Waals surface area contributed by atoms with Crippen LogP contribution in [-0.2, 0) is 44.5 Å². The van der Waals surface area contributed by atoms with Gasteiger partial charge < -0.3 is 39.0 Å². The summed E-state index contributed by atoms with van der Waals surface area (Å²) in [6.45, 7) is 13.4. The van der Waals surface area contributed by atoms with Crippen LogP contribution in [0.4, 0.5) is 0 Å². The second-order valence-corrected chi connectivity index (χ2v) is 16.0. The summed E-state index contributed by atoms with van der Waals surface area (Å²) in [4.78, 5) is 47.8. The number of aliphatic hydroxyl groups is 3. The number of ketones is 1. The van der Waals surface area contributed by atoms with Crippen LogP contribution in [0.2, 0.25) is 0 Å². The monoisotopic (exact) mass is 734 g/mol. The molecule has 0 radical (unpaired) electrons. The van der Waals surface area contributed by atoms with Crippen molar-refractivity contribution in [1.29, 1.82) is 0 Å². The second-order valence-electron chi connectivity index (χ2n) is 16.0. The van der Waals surface area contributed by atoms with Gasteiger partial charge in [-0.05, 0) is 84.5 Å². The smallest absolute Gasteiger partial charge is 0.312 e. The van der Waals surface area contributed by atoms with Crippen molar-refractivity contribution in [2.45, 2.75) is 160 Å². The molecule has 3 N–H and O–H groups in total. The molecule has 3 heterocycles. The van der Waals surface area contributed by atoms with Crippen molar-refractivity contribution in [3.8, 4) is 0 Å². The summed E-state index contributed by atoms with van der Waals surface area (Å²) in [5.74, 6) is -5.33. The summed E-state index contributed by atoms with van der Waals surface area (Å²) in [6, 6.07) is 3.52. The molecular weight excluding hydrogens is 672 g/mol. The van der Waals surface area contributed by atoms with Gasteiger partial charge in [0.1, 0.15) is 29.7 Å². The number of carbonyl (C=O) groups excluding carboxylic acids is 3. The van der Waals surface area contributed by atoms with E-state index in [2.05, 4.69) is 9.88 Å². The van der Waals surface area contributed by atoms with Gasteiger partial charge in [0.05, 0.1) is 36.3 Å². The highest BCUT2D eigenvalue weighted by molar-refractivity contribution is 5.83. The predicted octanol–water partition coefficient (Wildman–Crippen LogP) is 3.24. The molecule has 1 aliphatic carbocycles. The molecule has 294 valence electrons. The normalized spacial score (nSPS) is 41.3. The average Bonchev–Trinajstić information content (AvgIpc) is 3.96. The Labute approximate surface area is 308 Å². The fourth-order valence-corrected chi connectivity index (χ4v) is 8.29. The molecule has 1 saturated carbocycles. The van der Waals surface area contributed by atoms with E-state index in [4.69, 9.17) is 23.7 Å². The molecule has 0 aromatic carbocycles. The highest BCUT2D eigenvalue weighted by atomic mass is 16.7. The molecule has 0 amide bonds. The molecule has 0 spiro atoms. The van der Waals surface area contributed by atoms with Crippen LogP contribution in [0.1, 0.15) is 93.1 Å². The molecule has 1 aromatic heterocycles. The summed E-state index contributed by atoms with van der Waals surface area (Å²) >= 11 is 0. The minimum atomic E-state index is -1.98. The molecule has 0 unspecified atom stereocenters. The number of hydrogen-bond donors (Lipinski definition) is 3. The summed E-state index contributed by atoms with van der Waals surface area (Å²) < 4.78 is 31.4. The Hall–Kier alpha value is -2.52. The first-order chi connectivity index (χ1) is 24.4. The second kappa shape index (κ2) is 17.3. The van der Waals surface area contributed by atoms with Crippen LogP contribution in [0, 0.1) is 23.7 Å². The largest absolute Gasteiger partial charge is 0.461 e. The Kier molecular flexibility index (Phi) is 14.0. The van der Waals surface area contributed by atoms with Crippen molar-refractivity contribution in [1.82, 2.24) is 9.88 Å². The summed E-state index contributed by atoms with van der Waals surface area (Å²) in [7, 11) is 3.49. The van der Waals surface area contributed by atoms with Gasteiger partial charge in [-0.25, -0.2) is 0 Å². The number of likely N-dealkylation sites (N-methyl/N-ethyl adjacent to an activating group) is 1. The number of methoxy groups -OCH3 is 1. The molecular formula is C39H62N2O11. The number of aliphatic hydroxyl groups excluding tert-OH is 2. The predicted molar refractivity (Wildman–Crippen MR) is 191 cm³/mol. The van der Waals surface area contributed by atoms with Crippen molar-refractivity contribution in [2.75, 3.05) is 14.2 Å². The van der Waals surface area contributed by atoms with Crippen molar-refractivity contribution >= 4 is 17.7 Å². The van der Waals surface area contributed by atoms with Gasteiger partial charge in [-0.1, -0.05) is 27.7 Å². The molecule has 2 aliphatic heterocycles. The molecule has 4 rings (SSSR count). The van der Waals surface area contributed by atoms with Gasteiger partial charge in [-0.2, -0.15) is 0 Å². The maximum Gasteiger partial charge on any atom is 0.312 e. The van der Waals surface area contributed by atoms with Gasteiger partial charge in [0, 0.05) is 49.3 Å². The number of rotatable bonds is 9. The number of pyridine rings is 1. The highest BCUT2D eigenvalue weighted by Gasteiger charge is 2.53. The minimum Gasteiger partial charge on any atom is -0.461 e. The van der Waals surface area contributed by atoms with Crippen molar-refractivity contribution < 1.29 is 53.4 Å². The van der Waals surface area contributed by atoms with Crippen molar-refractivity contribution in [3.63, 3.8) is 0 Å². The number of ether oxygens (including phenoxy) is 5. The van der Waals surface area contributed by atoms with E-state index in [1.165, 1.54) is 14.0 Å². The van der Waals surface area contributed by atoms with E-state index in [-0.39, 0.29) is 37.2 Å². The van der Waals surface area contributed by atoms with Crippen LogP contribution < -0.4 is 0 Å². The van der Waals surface area contributed by atoms with Crippen LogP contribution in [0.15, 0.2) is 24.5 Å². The number of carbonyl (C=O) groups is 3. The third-order valence-electron chi connectivity index (χ3n) is 11.8. The van der Waals surface area contributed by atoms with Gasteiger partial charge in [-0.15, -0.1) is 0 Å². The number of Topliss-reactive ketones (excluding diaryl/α,β-unsaturated/α-hetero) is 1. The molecule has 3 fully saturated rings. The first kappa shape index (κ1) is 42.2. The zero-order chi connectivity index (χ0) is 38.7. The SMILES string of the molecule is CC[C@H]1OC(=O)[C@H](C)[C@@H](OC(=O)Cc2ccncc2)[C@H](C)[C@@H](O[C@@H]2O[C@H](C)C[C@H](N(C)C3CC3)[C@H]2O)[C@](C)(OC)C[C@@H](C)C(=O)[C@H](C)[C@@H](O)[C@]1(C)O. The Balaban J connectivity index is 1.81. The van der Waals surface area contributed by atoms with E-state index in [0.717, 1.165) is 12.8 Å². The van der Waals surface area contributed by atoms with Gasteiger partial charge in [-0.3, -0.25) is 24.3 Å². The highest BCUT2D eigenvalue weighted by Crippen LogP contribution is 2.41. The molecule has 3 aliphatic rings. The molecule has 14 atom stereocenters. The molecule has 2 saturated heterocycles. The lowest BCUT2D eigenvalue weighted by Crippen LogP contribution is -2.61. The Morgan fingerprint density at radius 2 is 1.69 bits per heavy atom. The molecule has 52 heavy (non-hydrogen) atoms. The van der Waals surface area contributed by atoms with E-state index in [9.17, 15) is 29.7 Å². The minimum absolute atomic E-state index is 0.0913. The summed E-state index contributed by atoms with van der Waals surface area (Å²) in [5, 5.41) is 34.7. The van der Waals surface area contributed by atoms with Crippen molar-refractivity contribution in [3.05, 3.63) is 30.1 Å². The zero-order valence-corrected chi connectivity index (χ0v) is 32.6. The maximum absolute atomic E-state index is 14.0. The first-order valence-corrected chi connectivity index (χ1v) is 18.8. The summed E-state index contributed by atoms with van der Waals surface area (Å²) in [6.07, 6.45) is -1.36. The molecule has 1 aromatic rings. The standard InChI is InChI=1S/C39H62N2O11/c1-11-29-39(8,47)34(45)23(4)31(43)21(2)20-38(7,48-10)35(52-37-32(44)28(18-22(3)49-37)41(9)27-12-13-27)24(5)33(25(6)36(46)50-29)51-30(42)19-26-14-16-40-17-15-26/h14-17,21-25,27-29,32-35,37,44-45,47H,11-13,18-20H2,1-10H3/t21-,22-,23+,24+,25-,28+,29-,32-,33+,34-,35-,37+,38-,39-/m1/s1. The number of cyclic esters (lactones) is 1. The Morgan fingerprint density at radius 1 is 1.06 bits per heavy atom. The van der Waals surface area contributed by atoms with Crippen LogP contribution >= 0.6 is 0 Å². The third kappa shape index (κ3) is 9.40. The number of nitrogens with zero attached hydrogens (tertiary/aromatic N) is 2.